The number of carbonyl (C=O) groups is 2. The van der Waals surface area contributed by atoms with Crippen molar-refractivity contribution in [2.75, 3.05) is 26.8 Å². The monoisotopic (exact) mass is 555 g/mol. The van der Waals surface area contributed by atoms with Gasteiger partial charge in [-0.3, -0.25) is 14.5 Å². The van der Waals surface area contributed by atoms with Gasteiger partial charge in [-0.25, -0.2) is 0 Å². The van der Waals surface area contributed by atoms with E-state index in [9.17, 15) is 14.7 Å². The highest BCUT2D eigenvalue weighted by Crippen LogP contribution is 2.25. The van der Waals surface area contributed by atoms with Gasteiger partial charge in [0.05, 0.1) is 12.8 Å². The Labute approximate surface area is 239 Å². The Morgan fingerprint density at radius 2 is 1.88 bits per heavy atom. The number of aliphatic hydroxyl groups is 1. The number of amides is 2. The summed E-state index contributed by atoms with van der Waals surface area (Å²) in [7, 11) is 1.74. The molecule has 40 heavy (non-hydrogen) atoms. The summed E-state index contributed by atoms with van der Waals surface area (Å²) in [5, 5.41) is 19.9. The van der Waals surface area contributed by atoms with E-state index < -0.39 is 30.8 Å². The minimum absolute atomic E-state index is 0.121. The number of hydrogen-bond donors (Lipinski definition) is 5. The number of nitrogens with one attached hydrogen (secondary N) is 3. The normalized spacial score (nSPS) is 28.8. The first kappa shape index (κ1) is 31.8. The number of aryl methyl sites for hydroxylation is 1. The van der Waals surface area contributed by atoms with Crippen LogP contribution >= 0.6 is 0 Å². The fraction of sp³-hybridized carbons (Fsp3) is 0.613. The van der Waals surface area contributed by atoms with Gasteiger partial charge in [-0.2, -0.15) is 0 Å². The summed E-state index contributed by atoms with van der Waals surface area (Å²) in [6, 6.07) is 6.00. The van der Waals surface area contributed by atoms with Crippen molar-refractivity contribution in [1.82, 2.24) is 20.9 Å². The standard InChI is InChI=1S/C31H49N5O4/c1-20(2)27-29(32)36(5)25(19-37)30(38)35-28(22(4)23-11-7-6-8-12-23)31(39)34-21(3)15-16-24-13-9-10-14-26(24)40-18-17-33-27/h6-7,9-11,13-14,20-22,25,27-29,33,37H,8,12,15-19,32H2,1-5H3,(H,34,39)(H,35,38)/t21-,22+,25+,27+,28-,29?/m1/s1. The van der Waals surface area contributed by atoms with Gasteiger partial charge in [0.15, 0.2) is 0 Å². The van der Waals surface area contributed by atoms with Crippen molar-refractivity contribution in [1.29, 1.82) is 0 Å². The van der Waals surface area contributed by atoms with E-state index in [1.54, 1.807) is 11.9 Å². The van der Waals surface area contributed by atoms with E-state index >= 15 is 0 Å². The zero-order valence-electron chi connectivity index (χ0n) is 24.7. The molecule has 1 aromatic carbocycles. The summed E-state index contributed by atoms with van der Waals surface area (Å²) in [5.74, 6) is 0.115. The fourth-order valence-electron chi connectivity index (χ4n) is 5.50. The quantitative estimate of drug-likeness (QED) is 0.385. The van der Waals surface area contributed by atoms with Crippen LogP contribution in [0.1, 0.15) is 52.5 Å². The third kappa shape index (κ3) is 8.39. The minimum atomic E-state index is -0.916. The Hall–Kier alpha value is -2.72. The Kier molecular flexibility index (Phi) is 12.2. The van der Waals surface area contributed by atoms with Crippen molar-refractivity contribution in [2.45, 2.75) is 83.7 Å². The lowest BCUT2D eigenvalue weighted by molar-refractivity contribution is -0.134. The second-order valence-electron chi connectivity index (χ2n) is 11.5. The number of allylic oxidation sites excluding steroid dienone is 3. The molecule has 0 aromatic heterocycles. The molecular weight excluding hydrogens is 506 g/mol. The molecule has 0 saturated carbocycles. The maximum absolute atomic E-state index is 13.7. The minimum Gasteiger partial charge on any atom is -0.492 e. The fourth-order valence-corrected chi connectivity index (χ4v) is 5.50. The van der Waals surface area contributed by atoms with E-state index in [0.29, 0.717) is 13.2 Å². The first-order valence-corrected chi connectivity index (χ1v) is 14.6. The van der Waals surface area contributed by atoms with E-state index in [2.05, 4.69) is 41.9 Å². The van der Waals surface area contributed by atoms with Gasteiger partial charge in [-0.1, -0.05) is 62.8 Å². The van der Waals surface area contributed by atoms with Gasteiger partial charge in [0, 0.05) is 24.5 Å². The summed E-state index contributed by atoms with van der Waals surface area (Å²) in [6.07, 6.45) is 8.76. The lowest BCUT2D eigenvalue weighted by atomic mass is 9.87. The Morgan fingerprint density at radius 3 is 2.55 bits per heavy atom. The van der Waals surface area contributed by atoms with E-state index in [1.807, 2.05) is 44.2 Å². The maximum atomic E-state index is 13.7. The summed E-state index contributed by atoms with van der Waals surface area (Å²) in [5.41, 5.74) is 8.87. The number of fused-ring (bicyclic) bond motifs is 1. The van der Waals surface area contributed by atoms with Crippen LogP contribution in [0, 0.1) is 11.8 Å². The number of nitrogens with zero attached hydrogens (tertiary/aromatic N) is 1. The zero-order chi connectivity index (χ0) is 29.2. The molecule has 0 saturated heterocycles. The lowest BCUT2D eigenvalue weighted by Gasteiger charge is -2.38. The molecule has 2 amide bonds. The van der Waals surface area contributed by atoms with Crippen LogP contribution in [-0.2, 0) is 16.0 Å². The number of para-hydroxylation sites is 1. The summed E-state index contributed by atoms with van der Waals surface area (Å²) in [6.45, 7) is 8.69. The topological polar surface area (TPSA) is 129 Å². The number of nitrogens with two attached hydrogens (primary N) is 1. The van der Waals surface area contributed by atoms with Crippen molar-refractivity contribution < 1.29 is 19.4 Å². The second kappa shape index (κ2) is 15.3. The molecule has 2 aliphatic rings. The average molecular weight is 556 g/mol. The van der Waals surface area contributed by atoms with Crippen molar-refractivity contribution in [2.24, 2.45) is 17.6 Å². The van der Waals surface area contributed by atoms with Gasteiger partial charge in [0.1, 0.15) is 24.4 Å². The molecule has 222 valence electrons. The molecule has 1 aliphatic carbocycles. The first-order chi connectivity index (χ1) is 19.1. The van der Waals surface area contributed by atoms with Crippen molar-refractivity contribution >= 4 is 11.8 Å². The van der Waals surface area contributed by atoms with Crippen molar-refractivity contribution in [3.05, 3.63) is 53.6 Å². The van der Waals surface area contributed by atoms with Crippen LogP contribution in [0.3, 0.4) is 0 Å². The van der Waals surface area contributed by atoms with E-state index in [0.717, 1.165) is 42.6 Å². The van der Waals surface area contributed by atoms with Crippen LogP contribution in [0.4, 0.5) is 0 Å². The van der Waals surface area contributed by atoms with Crippen LogP contribution in [0.2, 0.25) is 0 Å². The molecule has 0 fully saturated rings. The molecule has 1 unspecified atom stereocenters. The number of hydrogen-bond acceptors (Lipinski definition) is 7. The summed E-state index contributed by atoms with van der Waals surface area (Å²) >= 11 is 0. The predicted octanol–water partition coefficient (Wildman–Crippen LogP) is 2.11. The SMILES string of the molecule is CC(C)[C@@H]1NCCOc2ccccc2CC[C@@H](C)NC(=O)[C@@H]([C@@H](C)C2=CC=CCC2)NC(=O)[C@H](CO)N(C)C1N. The molecule has 0 bridgehead atoms. The number of carbonyl (C=O) groups excluding carboxylic acids is 2. The number of likely N-dealkylation sites (N-methyl/N-ethyl adjacent to an activating group) is 1. The van der Waals surface area contributed by atoms with Crippen LogP contribution in [-0.4, -0.2) is 79.0 Å². The Morgan fingerprint density at radius 1 is 1.12 bits per heavy atom. The highest BCUT2D eigenvalue weighted by Gasteiger charge is 2.36. The number of rotatable bonds is 4. The molecule has 1 heterocycles. The zero-order valence-corrected chi connectivity index (χ0v) is 24.7. The molecule has 9 heteroatoms. The van der Waals surface area contributed by atoms with Gasteiger partial charge < -0.3 is 31.5 Å². The number of benzene rings is 1. The number of aliphatic hydroxyl groups excluding tert-OH is 1. The molecule has 0 spiro atoms. The number of ether oxygens (including phenoxy) is 1. The average Bonchev–Trinajstić information content (AvgIpc) is 2.94. The molecule has 6 atom stereocenters. The highest BCUT2D eigenvalue weighted by molar-refractivity contribution is 5.90. The Bertz CT molecular complexity index is 1040. The Balaban J connectivity index is 1.93. The second-order valence-corrected chi connectivity index (χ2v) is 11.5. The highest BCUT2D eigenvalue weighted by atomic mass is 16.5. The largest absolute Gasteiger partial charge is 0.492 e. The molecule has 6 N–H and O–H groups in total. The first-order valence-electron chi connectivity index (χ1n) is 14.6. The van der Waals surface area contributed by atoms with Gasteiger partial charge >= 0.3 is 0 Å². The third-order valence-electron chi connectivity index (χ3n) is 8.18. The van der Waals surface area contributed by atoms with Crippen LogP contribution in [0.5, 0.6) is 5.75 Å². The smallest absolute Gasteiger partial charge is 0.243 e. The van der Waals surface area contributed by atoms with Crippen molar-refractivity contribution in [3.63, 3.8) is 0 Å². The summed E-state index contributed by atoms with van der Waals surface area (Å²) in [4.78, 5) is 29.0. The van der Waals surface area contributed by atoms with Gasteiger partial charge in [-0.05, 0) is 57.2 Å². The molecular formula is C31H49N5O4. The predicted molar refractivity (Wildman–Crippen MR) is 159 cm³/mol. The van der Waals surface area contributed by atoms with E-state index in [1.165, 1.54) is 0 Å². The van der Waals surface area contributed by atoms with Gasteiger partial charge in [0.2, 0.25) is 11.8 Å². The third-order valence-corrected chi connectivity index (χ3v) is 8.18. The molecule has 1 aromatic rings. The molecule has 3 rings (SSSR count). The van der Waals surface area contributed by atoms with E-state index in [4.69, 9.17) is 10.5 Å². The molecule has 0 radical (unpaired) electrons. The maximum Gasteiger partial charge on any atom is 0.243 e. The van der Waals surface area contributed by atoms with Crippen LogP contribution in [0.25, 0.3) is 0 Å². The molecule has 1 aliphatic heterocycles. The van der Waals surface area contributed by atoms with Crippen LogP contribution in [0.15, 0.2) is 48.1 Å². The van der Waals surface area contributed by atoms with Crippen LogP contribution < -0.4 is 26.4 Å². The van der Waals surface area contributed by atoms with Gasteiger partial charge in [-0.15, -0.1) is 0 Å². The van der Waals surface area contributed by atoms with Crippen molar-refractivity contribution in [3.8, 4) is 5.75 Å². The van der Waals surface area contributed by atoms with Gasteiger partial charge in [0.25, 0.3) is 0 Å². The lowest BCUT2D eigenvalue weighted by Crippen LogP contribution is -2.64. The summed E-state index contributed by atoms with van der Waals surface area (Å²) < 4.78 is 6.13. The van der Waals surface area contributed by atoms with E-state index in [-0.39, 0.29) is 29.8 Å². The molecule has 9 nitrogen and oxygen atoms in total.